The Bertz CT molecular complexity index is 594. The Morgan fingerprint density at radius 2 is 1.95 bits per heavy atom. The molecule has 0 saturated carbocycles. The molecule has 1 N–H and O–H groups in total. The summed E-state index contributed by atoms with van der Waals surface area (Å²) in [7, 11) is 0. The second kappa shape index (κ2) is 6.85. The van der Waals surface area contributed by atoms with Crippen LogP contribution in [0.2, 0.25) is 0 Å². The third-order valence-electron chi connectivity index (χ3n) is 3.56. The lowest BCUT2D eigenvalue weighted by molar-refractivity contribution is -0.125. The quantitative estimate of drug-likeness (QED) is 0.900. The minimum absolute atomic E-state index is 0.0358. The van der Waals surface area contributed by atoms with Gasteiger partial charge in [-0.2, -0.15) is 0 Å². The Morgan fingerprint density at radius 3 is 2.57 bits per heavy atom. The normalized spacial score (nSPS) is 11.2. The lowest BCUT2D eigenvalue weighted by atomic mass is 9.84. The molecule has 4 heteroatoms. The molecule has 1 aromatic heterocycles. The van der Waals surface area contributed by atoms with E-state index < -0.39 is 5.41 Å². The van der Waals surface area contributed by atoms with Crippen LogP contribution in [-0.2, 0) is 16.6 Å². The van der Waals surface area contributed by atoms with Gasteiger partial charge in [0.05, 0.1) is 5.41 Å². The van der Waals surface area contributed by atoms with Crippen LogP contribution in [0.1, 0.15) is 25.0 Å². The van der Waals surface area contributed by atoms with E-state index in [1.807, 2.05) is 56.4 Å². The fourth-order valence-electron chi connectivity index (χ4n) is 2.08. The van der Waals surface area contributed by atoms with Gasteiger partial charge in [0.15, 0.2) is 0 Å². The van der Waals surface area contributed by atoms with Gasteiger partial charge in [-0.3, -0.25) is 9.78 Å². The Kier molecular flexibility index (Phi) is 5.12. The molecule has 110 valence electrons. The van der Waals surface area contributed by atoms with Crippen molar-refractivity contribution in [3.8, 4) is 0 Å². The summed E-state index contributed by atoms with van der Waals surface area (Å²) < 4.78 is 1.01. The number of benzene rings is 1. The van der Waals surface area contributed by atoms with Crippen LogP contribution in [0.25, 0.3) is 0 Å². The molecule has 0 saturated heterocycles. The predicted octanol–water partition coefficient (Wildman–Crippen LogP) is 3.48. The molecule has 0 fully saturated rings. The van der Waals surface area contributed by atoms with Crippen LogP contribution in [0.4, 0.5) is 0 Å². The summed E-state index contributed by atoms with van der Waals surface area (Å²) >= 11 is 3.41. The van der Waals surface area contributed by atoms with E-state index in [9.17, 15) is 4.79 Å². The summed E-state index contributed by atoms with van der Waals surface area (Å²) in [6.07, 6.45) is 4.36. The van der Waals surface area contributed by atoms with Crippen molar-refractivity contribution in [2.75, 3.05) is 6.54 Å². The predicted molar refractivity (Wildman–Crippen MR) is 88.1 cm³/mol. The lowest BCUT2D eigenvalue weighted by Crippen LogP contribution is -2.40. The number of aromatic nitrogens is 1. The van der Waals surface area contributed by atoms with Crippen LogP contribution in [-0.4, -0.2) is 17.4 Å². The molecule has 2 rings (SSSR count). The molecule has 0 aliphatic heterocycles. The Labute approximate surface area is 133 Å². The summed E-state index contributed by atoms with van der Waals surface area (Å²) in [5.41, 5.74) is 1.58. The summed E-state index contributed by atoms with van der Waals surface area (Å²) in [5, 5.41) is 3.01. The van der Waals surface area contributed by atoms with E-state index in [-0.39, 0.29) is 5.91 Å². The Morgan fingerprint density at radius 1 is 1.24 bits per heavy atom. The maximum absolute atomic E-state index is 12.4. The van der Waals surface area contributed by atoms with Crippen LogP contribution in [0.3, 0.4) is 0 Å². The fourth-order valence-corrected chi connectivity index (χ4v) is 2.35. The van der Waals surface area contributed by atoms with Gasteiger partial charge >= 0.3 is 0 Å². The molecular formula is C17H19BrN2O. The number of carbonyl (C=O) groups excluding carboxylic acids is 1. The van der Waals surface area contributed by atoms with Crippen molar-refractivity contribution >= 4 is 21.8 Å². The summed E-state index contributed by atoms with van der Waals surface area (Å²) in [4.78, 5) is 16.5. The van der Waals surface area contributed by atoms with Crippen molar-refractivity contribution in [2.24, 2.45) is 0 Å². The lowest BCUT2D eigenvalue weighted by Gasteiger charge is -2.24. The second-order valence-corrected chi connectivity index (χ2v) is 6.41. The molecule has 1 heterocycles. The SMILES string of the molecule is CC(C)(C(=O)NCCc1cccnc1)c1ccc(Br)cc1. The van der Waals surface area contributed by atoms with Crippen LogP contribution >= 0.6 is 15.9 Å². The van der Waals surface area contributed by atoms with Gasteiger partial charge in [0.1, 0.15) is 0 Å². The Balaban J connectivity index is 1.94. The van der Waals surface area contributed by atoms with Gasteiger partial charge in [0.2, 0.25) is 5.91 Å². The number of pyridine rings is 1. The number of halogens is 1. The van der Waals surface area contributed by atoms with Crippen molar-refractivity contribution in [1.82, 2.24) is 10.3 Å². The molecule has 0 unspecified atom stereocenters. The first kappa shape index (κ1) is 15.7. The molecule has 0 spiro atoms. The highest BCUT2D eigenvalue weighted by Gasteiger charge is 2.29. The molecule has 2 aromatic rings. The van der Waals surface area contributed by atoms with Gasteiger partial charge in [-0.15, -0.1) is 0 Å². The van der Waals surface area contributed by atoms with Crippen molar-refractivity contribution in [2.45, 2.75) is 25.7 Å². The minimum Gasteiger partial charge on any atom is -0.355 e. The molecule has 3 nitrogen and oxygen atoms in total. The largest absolute Gasteiger partial charge is 0.355 e. The average Bonchev–Trinajstić information content (AvgIpc) is 2.48. The molecule has 0 aliphatic rings. The molecule has 1 amide bonds. The molecule has 0 atom stereocenters. The zero-order valence-corrected chi connectivity index (χ0v) is 13.9. The van der Waals surface area contributed by atoms with Crippen molar-refractivity contribution in [1.29, 1.82) is 0 Å². The number of nitrogens with zero attached hydrogens (tertiary/aromatic N) is 1. The van der Waals surface area contributed by atoms with E-state index in [0.29, 0.717) is 6.54 Å². The maximum atomic E-state index is 12.4. The molecule has 0 aliphatic carbocycles. The third kappa shape index (κ3) is 4.14. The van der Waals surface area contributed by atoms with Crippen LogP contribution < -0.4 is 5.32 Å². The smallest absolute Gasteiger partial charge is 0.230 e. The van der Waals surface area contributed by atoms with E-state index >= 15 is 0 Å². The van der Waals surface area contributed by atoms with Crippen molar-refractivity contribution in [3.05, 3.63) is 64.4 Å². The van der Waals surface area contributed by atoms with E-state index in [4.69, 9.17) is 0 Å². The standard InChI is InChI=1S/C17H19BrN2O/c1-17(2,14-5-7-15(18)8-6-14)16(21)20-11-9-13-4-3-10-19-12-13/h3-8,10,12H,9,11H2,1-2H3,(H,20,21). The highest BCUT2D eigenvalue weighted by atomic mass is 79.9. The molecule has 0 radical (unpaired) electrons. The molecule has 0 bridgehead atoms. The number of hydrogen-bond acceptors (Lipinski definition) is 2. The fraction of sp³-hybridized carbons (Fsp3) is 0.294. The first-order valence-corrected chi connectivity index (χ1v) is 7.72. The van der Waals surface area contributed by atoms with Crippen LogP contribution in [0.5, 0.6) is 0 Å². The minimum atomic E-state index is -0.546. The summed E-state index contributed by atoms with van der Waals surface area (Å²) in [6, 6.07) is 11.8. The number of hydrogen-bond donors (Lipinski definition) is 1. The molecule has 1 aromatic carbocycles. The van der Waals surface area contributed by atoms with E-state index in [1.54, 1.807) is 6.20 Å². The summed E-state index contributed by atoms with van der Waals surface area (Å²) in [5.74, 6) is 0.0358. The second-order valence-electron chi connectivity index (χ2n) is 5.50. The van der Waals surface area contributed by atoms with Crippen LogP contribution in [0, 0.1) is 0 Å². The molecular weight excluding hydrogens is 328 g/mol. The van der Waals surface area contributed by atoms with Crippen molar-refractivity contribution in [3.63, 3.8) is 0 Å². The van der Waals surface area contributed by atoms with Gasteiger partial charge in [-0.25, -0.2) is 0 Å². The first-order valence-electron chi connectivity index (χ1n) is 6.93. The van der Waals surface area contributed by atoms with Gasteiger partial charge in [0, 0.05) is 23.4 Å². The van der Waals surface area contributed by atoms with Gasteiger partial charge in [-0.05, 0) is 49.6 Å². The average molecular weight is 347 g/mol. The monoisotopic (exact) mass is 346 g/mol. The number of carbonyl (C=O) groups is 1. The number of rotatable bonds is 5. The summed E-state index contributed by atoms with van der Waals surface area (Å²) in [6.45, 7) is 4.50. The number of nitrogens with one attached hydrogen (secondary N) is 1. The number of amides is 1. The highest BCUT2D eigenvalue weighted by molar-refractivity contribution is 9.10. The van der Waals surface area contributed by atoms with Crippen molar-refractivity contribution < 1.29 is 4.79 Å². The maximum Gasteiger partial charge on any atom is 0.230 e. The first-order chi connectivity index (χ1) is 10.00. The van der Waals surface area contributed by atoms with Gasteiger partial charge < -0.3 is 5.32 Å². The van der Waals surface area contributed by atoms with E-state index in [2.05, 4.69) is 26.2 Å². The molecule has 21 heavy (non-hydrogen) atoms. The van der Waals surface area contributed by atoms with E-state index in [0.717, 1.165) is 22.0 Å². The van der Waals surface area contributed by atoms with Gasteiger partial charge in [-0.1, -0.05) is 34.1 Å². The van der Waals surface area contributed by atoms with Crippen LogP contribution in [0.15, 0.2) is 53.3 Å². The Hall–Kier alpha value is -1.68. The highest BCUT2D eigenvalue weighted by Crippen LogP contribution is 2.24. The topological polar surface area (TPSA) is 42.0 Å². The van der Waals surface area contributed by atoms with E-state index in [1.165, 1.54) is 0 Å². The zero-order valence-electron chi connectivity index (χ0n) is 12.3. The van der Waals surface area contributed by atoms with Gasteiger partial charge in [0.25, 0.3) is 0 Å². The third-order valence-corrected chi connectivity index (χ3v) is 4.08. The zero-order chi connectivity index (χ0) is 15.3.